The van der Waals surface area contributed by atoms with E-state index in [1.54, 1.807) is 11.3 Å². The van der Waals surface area contributed by atoms with E-state index in [1.165, 1.54) is 10.4 Å². The molecule has 1 rings (SSSR count). The van der Waals surface area contributed by atoms with Crippen molar-refractivity contribution in [3.05, 3.63) is 20.3 Å². The SMILES string of the molecule is CCOC(=O)CCCCC(N)c1cc(Br)sc1C. The van der Waals surface area contributed by atoms with Gasteiger partial charge >= 0.3 is 5.97 Å². The minimum Gasteiger partial charge on any atom is -0.466 e. The number of aryl methyl sites for hydroxylation is 1. The number of rotatable bonds is 7. The second kappa shape index (κ2) is 7.92. The summed E-state index contributed by atoms with van der Waals surface area (Å²) in [5.41, 5.74) is 7.37. The summed E-state index contributed by atoms with van der Waals surface area (Å²) >= 11 is 5.18. The maximum atomic E-state index is 11.2. The smallest absolute Gasteiger partial charge is 0.305 e. The molecular weight excluding hydrogens is 314 g/mol. The molecule has 102 valence electrons. The standard InChI is InChI=1S/C13H20BrNO2S/c1-3-17-13(16)7-5-4-6-11(15)10-8-12(14)18-9(10)2/h8,11H,3-7,15H2,1-2H3. The summed E-state index contributed by atoms with van der Waals surface area (Å²) < 4.78 is 6.00. The van der Waals surface area contributed by atoms with Crippen LogP contribution in [0.5, 0.6) is 0 Å². The number of ether oxygens (including phenoxy) is 1. The fourth-order valence-corrected chi connectivity index (χ4v) is 3.63. The predicted molar refractivity (Wildman–Crippen MR) is 78.8 cm³/mol. The lowest BCUT2D eigenvalue weighted by Crippen LogP contribution is -2.10. The summed E-state index contributed by atoms with van der Waals surface area (Å²) in [6.45, 7) is 4.37. The van der Waals surface area contributed by atoms with Gasteiger partial charge in [-0.25, -0.2) is 0 Å². The monoisotopic (exact) mass is 333 g/mol. The lowest BCUT2D eigenvalue weighted by atomic mass is 10.0. The number of hydrogen-bond donors (Lipinski definition) is 1. The zero-order chi connectivity index (χ0) is 13.5. The van der Waals surface area contributed by atoms with Gasteiger partial charge in [0.05, 0.1) is 10.4 Å². The Morgan fingerprint density at radius 2 is 2.28 bits per heavy atom. The van der Waals surface area contributed by atoms with E-state index in [0.717, 1.165) is 23.0 Å². The highest BCUT2D eigenvalue weighted by Gasteiger charge is 2.12. The van der Waals surface area contributed by atoms with Crippen LogP contribution in [0.25, 0.3) is 0 Å². The normalized spacial score (nSPS) is 12.4. The molecule has 0 amide bonds. The Kier molecular flexibility index (Phi) is 6.89. The molecule has 0 aliphatic rings. The van der Waals surface area contributed by atoms with Gasteiger partial charge in [-0.05, 0) is 54.2 Å². The van der Waals surface area contributed by atoms with E-state index in [1.807, 2.05) is 6.92 Å². The van der Waals surface area contributed by atoms with Crippen molar-refractivity contribution >= 4 is 33.2 Å². The van der Waals surface area contributed by atoms with Gasteiger partial charge in [-0.2, -0.15) is 0 Å². The van der Waals surface area contributed by atoms with Crippen LogP contribution in [-0.2, 0) is 9.53 Å². The maximum Gasteiger partial charge on any atom is 0.305 e. The van der Waals surface area contributed by atoms with Crippen molar-refractivity contribution in [1.29, 1.82) is 0 Å². The highest BCUT2D eigenvalue weighted by Crippen LogP contribution is 2.31. The average molecular weight is 334 g/mol. The first kappa shape index (κ1) is 15.7. The molecule has 2 N–H and O–H groups in total. The molecule has 18 heavy (non-hydrogen) atoms. The van der Waals surface area contributed by atoms with E-state index in [2.05, 4.69) is 28.9 Å². The van der Waals surface area contributed by atoms with Crippen LogP contribution in [0.3, 0.4) is 0 Å². The van der Waals surface area contributed by atoms with Crippen LogP contribution in [0.1, 0.15) is 49.1 Å². The van der Waals surface area contributed by atoms with Crippen LogP contribution in [-0.4, -0.2) is 12.6 Å². The van der Waals surface area contributed by atoms with Crippen molar-refractivity contribution < 1.29 is 9.53 Å². The Morgan fingerprint density at radius 1 is 1.56 bits per heavy atom. The first-order chi connectivity index (χ1) is 8.54. The molecule has 0 saturated carbocycles. The number of carbonyl (C=O) groups is 1. The van der Waals surface area contributed by atoms with Gasteiger partial charge in [0.25, 0.3) is 0 Å². The van der Waals surface area contributed by atoms with Gasteiger partial charge in [0.1, 0.15) is 0 Å². The second-order valence-electron chi connectivity index (χ2n) is 4.22. The molecule has 1 aromatic rings. The fourth-order valence-electron chi connectivity index (χ4n) is 1.85. The summed E-state index contributed by atoms with van der Waals surface area (Å²) in [7, 11) is 0. The van der Waals surface area contributed by atoms with E-state index in [9.17, 15) is 4.79 Å². The highest BCUT2D eigenvalue weighted by molar-refractivity contribution is 9.11. The minimum absolute atomic E-state index is 0.0646. The zero-order valence-corrected chi connectivity index (χ0v) is 13.3. The molecule has 0 bridgehead atoms. The van der Waals surface area contributed by atoms with Crippen LogP contribution in [0.15, 0.2) is 9.85 Å². The zero-order valence-electron chi connectivity index (χ0n) is 10.9. The van der Waals surface area contributed by atoms with E-state index in [-0.39, 0.29) is 12.0 Å². The second-order valence-corrected chi connectivity index (χ2v) is 6.85. The molecule has 0 spiro atoms. The Balaban J connectivity index is 2.27. The van der Waals surface area contributed by atoms with Crippen LogP contribution >= 0.6 is 27.3 Å². The van der Waals surface area contributed by atoms with E-state index < -0.39 is 0 Å². The first-order valence-electron chi connectivity index (χ1n) is 6.21. The fraction of sp³-hybridized carbons (Fsp3) is 0.615. The Bertz CT molecular complexity index is 392. The Morgan fingerprint density at radius 3 is 2.83 bits per heavy atom. The molecule has 3 nitrogen and oxygen atoms in total. The van der Waals surface area contributed by atoms with Gasteiger partial charge in [0.15, 0.2) is 0 Å². The minimum atomic E-state index is -0.111. The van der Waals surface area contributed by atoms with Crippen LogP contribution < -0.4 is 5.73 Å². The third-order valence-corrected chi connectivity index (χ3v) is 4.35. The molecule has 1 unspecified atom stereocenters. The van der Waals surface area contributed by atoms with Gasteiger partial charge in [-0.3, -0.25) is 4.79 Å². The lowest BCUT2D eigenvalue weighted by molar-refractivity contribution is -0.143. The van der Waals surface area contributed by atoms with E-state index in [0.29, 0.717) is 13.0 Å². The first-order valence-corrected chi connectivity index (χ1v) is 7.82. The molecular formula is C13H20BrNO2S. The summed E-state index contributed by atoms with van der Waals surface area (Å²) in [5, 5.41) is 0. The molecule has 0 aliphatic heterocycles. The molecule has 0 aromatic carbocycles. The molecule has 0 radical (unpaired) electrons. The molecule has 0 aliphatic carbocycles. The van der Waals surface area contributed by atoms with Crippen LogP contribution in [0.4, 0.5) is 0 Å². The molecule has 1 atom stereocenters. The van der Waals surface area contributed by atoms with Crippen molar-refractivity contribution in [1.82, 2.24) is 0 Å². The number of unbranched alkanes of at least 4 members (excludes halogenated alkanes) is 1. The Labute approximate surface area is 121 Å². The van der Waals surface area contributed by atoms with Crippen molar-refractivity contribution in [2.45, 2.75) is 45.6 Å². The van der Waals surface area contributed by atoms with Crippen LogP contribution in [0.2, 0.25) is 0 Å². The largest absolute Gasteiger partial charge is 0.466 e. The molecule has 0 saturated heterocycles. The van der Waals surface area contributed by atoms with Crippen LogP contribution in [0, 0.1) is 6.92 Å². The van der Waals surface area contributed by atoms with E-state index >= 15 is 0 Å². The lowest BCUT2D eigenvalue weighted by Gasteiger charge is -2.11. The quantitative estimate of drug-likeness (QED) is 0.607. The van der Waals surface area contributed by atoms with Crippen molar-refractivity contribution in [3.8, 4) is 0 Å². The summed E-state index contributed by atoms with van der Waals surface area (Å²) in [5.74, 6) is -0.111. The molecule has 1 heterocycles. The average Bonchev–Trinajstić information content (AvgIpc) is 2.64. The summed E-state index contributed by atoms with van der Waals surface area (Å²) in [6.07, 6.45) is 3.19. The third kappa shape index (κ3) is 5.08. The van der Waals surface area contributed by atoms with Gasteiger partial charge < -0.3 is 10.5 Å². The van der Waals surface area contributed by atoms with Crippen molar-refractivity contribution in [2.24, 2.45) is 5.73 Å². The highest BCUT2D eigenvalue weighted by atomic mass is 79.9. The number of halogens is 1. The summed E-state index contributed by atoms with van der Waals surface area (Å²) in [6, 6.07) is 2.16. The van der Waals surface area contributed by atoms with Crippen molar-refractivity contribution in [3.63, 3.8) is 0 Å². The number of hydrogen-bond acceptors (Lipinski definition) is 4. The van der Waals surface area contributed by atoms with Gasteiger partial charge in [0.2, 0.25) is 0 Å². The van der Waals surface area contributed by atoms with E-state index in [4.69, 9.17) is 10.5 Å². The molecule has 1 aromatic heterocycles. The number of carbonyl (C=O) groups excluding carboxylic acids is 1. The number of nitrogens with two attached hydrogens (primary N) is 1. The van der Waals surface area contributed by atoms with Gasteiger partial charge in [-0.15, -0.1) is 11.3 Å². The topological polar surface area (TPSA) is 52.3 Å². The van der Waals surface area contributed by atoms with Gasteiger partial charge in [-0.1, -0.05) is 6.42 Å². The molecule has 5 heteroatoms. The summed E-state index contributed by atoms with van der Waals surface area (Å²) in [4.78, 5) is 12.4. The molecule has 0 fully saturated rings. The predicted octanol–water partition coefficient (Wildman–Crippen LogP) is 3.94. The number of thiophene rings is 1. The maximum absolute atomic E-state index is 11.2. The van der Waals surface area contributed by atoms with Crippen molar-refractivity contribution in [2.75, 3.05) is 6.61 Å². The number of esters is 1. The third-order valence-electron chi connectivity index (χ3n) is 2.78. The Hall–Kier alpha value is -0.390. The van der Waals surface area contributed by atoms with Gasteiger partial charge in [0, 0.05) is 17.3 Å².